The molecule has 0 aromatic carbocycles. The minimum atomic E-state index is -0.595. The molecule has 2 N–H and O–H groups in total. The van der Waals surface area contributed by atoms with Crippen LogP contribution in [-0.2, 0) is 0 Å². The van der Waals surface area contributed by atoms with Crippen molar-refractivity contribution in [3.8, 4) is 0 Å². The molecule has 0 bridgehead atoms. The molecular weight excluding hydrogens is 164 g/mol. The smallest absolute Gasteiger partial charge is 0.305 e. The van der Waals surface area contributed by atoms with Gasteiger partial charge in [0.25, 0.3) is 0 Å². The number of aliphatic hydroxyl groups excluding tert-OH is 1. The molecule has 0 aliphatic heterocycles. The highest BCUT2D eigenvalue weighted by molar-refractivity contribution is 5.29. The molecule has 0 saturated carbocycles. The molecule has 64 valence electrons. The summed E-state index contributed by atoms with van der Waals surface area (Å²) < 4.78 is 0. The SMILES string of the molecule is O=[N+]([O-])c1cnc(NCO)nc1. The van der Waals surface area contributed by atoms with Gasteiger partial charge in [0.15, 0.2) is 0 Å². The first kappa shape index (κ1) is 8.34. The predicted octanol–water partition coefficient (Wildman–Crippen LogP) is -0.254. The van der Waals surface area contributed by atoms with Crippen LogP contribution in [0.2, 0.25) is 0 Å². The molecule has 7 nitrogen and oxygen atoms in total. The van der Waals surface area contributed by atoms with Crippen molar-refractivity contribution in [1.29, 1.82) is 0 Å². The van der Waals surface area contributed by atoms with Crippen molar-refractivity contribution in [1.82, 2.24) is 9.97 Å². The maximum Gasteiger partial charge on any atom is 0.305 e. The maximum absolute atomic E-state index is 10.1. The van der Waals surface area contributed by atoms with E-state index < -0.39 is 4.92 Å². The molecule has 0 radical (unpaired) electrons. The van der Waals surface area contributed by atoms with Crippen molar-refractivity contribution in [2.24, 2.45) is 0 Å². The standard InChI is InChI=1S/C5H6N4O3/c10-3-8-5-6-1-4(2-7-5)9(11)12/h1-2,10H,3H2,(H,6,7,8). The molecule has 0 fully saturated rings. The summed E-state index contributed by atoms with van der Waals surface area (Å²) in [5, 5.41) is 20.9. The fourth-order valence-corrected chi connectivity index (χ4v) is 0.578. The van der Waals surface area contributed by atoms with Gasteiger partial charge in [0.05, 0.1) is 4.92 Å². The van der Waals surface area contributed by atoms with Gasteiger partial charge in [-0.25, -0.2) is 9.97 Å². The highest BCUT2D eigenvalue weighted by Crippen LogP contribution is 2.07. The number of nitrogens with one attached hydrogen (secondary N) is 1. The van der Waals surface area contributed by atoms with E-state index in [4.69, 9.17) is 5.11 Å². The second-order valence-electron chi connectivity index (χ2n) is 1.86. The number of hydrogen-bond donors (Lipinski definition) is 2. The molecule has 0 aliphatic rings. The summed E-state index contributed by atoms with van der Waals surface area (Å²) in [6.45, 7) is -0.308. The molecule has 1 aromatic rings. The summed E-state index contributed by atoms with van der Waals surface area (Å²) in [5.74, 6) is 0.156. The van der Waals surface area contributed by atoms with Crippen LogP contribution in [0, 0.1) is 10.1 Å². The van der Waals surface area contributed by atoms with Crippen molar-refractivity contribution in [2.45, 2.75) is 0 Å². The van der Waals surface area contributed by atoms with Crippen LogP contribution in [0.3, 0.4) is 0 Å². The van der Waals surface area contributed by atoms with E-state index in [0.29, 0.717) is 0 Å². The van der Waals surface area contributed by atoms with Crippen LogP contribution in [0.25, 0.3) is 0 Å². The fourth-order valence-electron chi connectivity index (χ4n) is 0.578. The minimum absolute atomic E-state index is 0.156. The second kappa shape index (κ2) is 3.58. The van der Waals surface area contributed by atoms with Crippen molar-refractivity contribution < 1.29 is 10.0 Å². The lowest BCUT2D eigenvalue weighted by atomic mass is 10.6. The van der Waals surface area contributed by atoms with E-state index in [2.05, 4.69) is 15.3 Å². The maximum atomic E-state index is 10.1. The van der Waals surface area contributed by atoms with Crippen LogP contribution < -0.4 is 5.32 Å². The van der Waals surface area contributed by atoms with Gasteiger partial charge >= 0.3 is 5.69 Å². The third kappa shape index (κ3) is 1.86. The molecule has 7 heteroatoms. The van der Waals surface area contributed by atoms with Gasteiger partial charge in [0, 0.05) is 0 Å². The largest absolute Gasteiger partial charge is 0.376 e. The number of rotatable bonds is 3. The summed E-state index contributed by atoms with van der Waals surface area (Å²) in [4.78, 5) is 16.7. The topological polar surface area (TPSA) is 101 Å². The summed E-state index contributed by atoms with van der Waals surface area (Å²) in [6.07, 6.45) is 2.12. The lowest BCUT2D eigenvalue weighted by molar-refractivity contribution is -0.385. The first-order chi connectivity index (χ1) is 5.74. The molecule has 0 spiro atoms. The quantitative estimate of drug-likeness (QED) is 0.368. The van der Waals surface area contributed by atoms with Crippen LogP contribution in [-0.4, -0.2) is 26.7 Å². The van der Waals surface area contributed by atoms with Crippen molar-refractivity contribution in [3.05, 3.63) is 22.5 Å². The zero-order valence-corrected chi connectivity index (χ0v) is 5.97. The van der Waals surface area contributed by atoms with Crippen molar-refractivity contribution in [3.63, 3.8) is 0 Å². The van der Waals surface area contributed by atoms with E-state index in [9.17, 15) is 10.1 Å². The van der Waals surface area contributed by atoms with E-state index in [-0.39, 0.29) is 18.4 Å². The first-order valence-electron chi connectivity index (χ1n) is 3.05. The molecule has 12 heavy (non-hydrogen) atoms. The second-order valence-corrected chi connectivity index (χ2v) is 1.86. The number of nitrogens with zero attached hydrogens (tertiary/aromatic N) is 3. The average Bonchev–Trinajstić information content (AvgIpc) is 2.06. The Morgan fingerprint density at radius 1 is 1.58 bits per heavy atom. The average molecular weight is 170 g/mol. The van der Waals surface area contributed by atoms with Crippen LogP contribution >= 0.6 is 0 Å². The summed E-state index contributed by atoms with van der Waals surface area (Å²) in [7, 11) is 0. The highest BCUT2D eigenvalue weighted by atomic mass is 16.6. The van der Waals surface area contributed by atoms with E-state index in [1.54, 1.807) is 0 Å². The molecule has 0 saturated heterocycles. The van der Waals surface area contributed by atoms with E-state index in [1.165, 1.54) is 0 Å². The number of aromatic nitrogens is 2. The van der Waals surface area contributed by atoms with Crippen LogP contribution in [0.1, 0.15) is 0 Å². The number of aliphatic hydroxyl groups is 1. The Kier molecular flexibility index (Phi) is 2.49. The Bertz CT molecular complexity index is 273. The fraction of sp³-hybridized carbons (Fsp3) is 0.200. The van der Waals surface area contributed by atoms with E-state index >= 15 is 0 Å². The van der Waals surface area contributed by atoms with Gasteiger partial charge in [0.2, 0.25) is 5.95 Å². The van der Waals surface area contributed by atoms with Gasteiger partial charge in [-0.05, 0) is 0 Å². The van der Waals surface area contributed by atoms with Gasteiger partial charge in [0.1, 0.15) is 19.1 Å². The summed E-state index contributed by atoms with van der Waals surface area (Å²) >= 11 is 0. The Labute approximate surface area is 67.2 Å². The Morgan fingerprint density at radius 3 is 2.58 bits per heavy atom. The predicted molar refractivity (Wildman–Crippen MR) is 39.4 cm³/mol. The van der Waals surface area contributed by atoms with Crippen LogP contribution in [0.5, 0.6) is 0 Å². The summed E-state index contributed by atoms with van der Waals surface area (Å²) in [6, 6.07) is 0. The molecule has 0 amide bonds. The number of hydrogen-bond acceptors (Lipinski definition) is 6. The zero-order valence-electron chi connectivity index (χ0n) is 5.97. The lowest BCUT2D eigenvalue weighted by Crippen LogP contribution is -2.04. The van der Waals surface area contributed by atoms with Crippen molar-refractivity contribution >= 4 is 11.6 Å². The normalized spacial score (nSPS) is 9.42. The van der Waals surface area contributed by atoms with Gasteiger partial charge in [-0.15, -0.1) is 0 Å². The minimum Gasteiger partial charge on any atom is -0.376 e. The Balaban J connectivity index is 2.78. The van der Waals surface area contributed by atoms with Gasteiger partial charge < -0.3 is 10.4 Å². The van der Waals surface area contributed by atoms with Crippen LogP contribution in [0.15, 0.2) is 12.4 Å². The van der Waals surface area contributed by atoms with Gasteiger partial charge in [-0.2, -0.15) is 0 Å². The molecular formula is C5H6N4O3. The molecule has 1 rings (SSSR count). The Hall–Kier alpha value is -1.76. The van der Waals surface area contributed by atoms with E-state index in [0.717, 1.165) is 12.4 Å². The number of anilines is 1. The Morgan fingerprint density at radius 2 is 2.17 bits per heavy atom. The molecule has 0 atom stereocenters. The third-order valence-corrected chi connectivity index (χ3v) is 1.09. The molecule has 1 heterocycles. The number of nitro groups is 1. The molecule has 0 aliphatic carbocycles. The van der Waals surface area contributed by atoms with Gasteiger partial charge in [-0.1, -0.05) is 0 Å². The lowest BCUT2D eigenvalue weighted by Gasteiger charge is -1.97. The van der Waals surface area contributed by atoms with Crippen molar-refractivity contribution in [2.75, 3.05) is 12.0 Å². The monoisotopic (exact) mass is 170 g/mol. The third-order valence-electron chi connectivity index (χ3n) is 1.09. The molecule has 0 unspecified atom stereocenters. The zero-order chi connectivity index (χ0) is 8.97. The van der Waals surface area contributed by atoms with E-state index in [1.807, 2.05) is 0 Å². The first-order valence-corrected chi connectivity index (χ1v) is 3.05. The highest BCUT2D eigenvalue weighted by Gasteiger charge is 2.05. The van der Waals surface area contributed by atoms with Crippen LogP contribution in [0.4, 0.5) is 11.6 Å². The van der Waals surface area contributed by atoms with Gasteiger partial charge in [-0.3, -0.25) is 10.1 Å². The molecule has 1 aromatic heterocycles. The summed E-state index contributed by atoms with van der Waals surface area (Å²) in [5.41, 5.74) is -0.182.